The molecule has 30 heavy (non-hydrogen) atoms. The molecule has 0 aliphatic carbocycles. The zero-order valence-corrected chi connectivity index (χ0v) is 20.0. The van der Waals surface area contributed by atoms with Crippen LogP contribution < -0.4 is 9.64 Å². The van der Waals surface area contributed by atoms with Crippen LogP contribution in [0.4, 0.5) is 11.4 Å². The highest BCUT2D eigenvalue weighted by atomic mass is 32.2. The highest BCUT2D eigenvalue weighted by Gasteiger charge is 2.23. The van der Waals surface area contributed by atoms with Crippen molar-refractivity contribution in [2.75, 3.05) is 30.1 Å². The van der Waals surface area contributed by atoms with Crippen LogP contribution in [0, 0.1) is 5.92 Å². The number of carboxylic acid groups (broad SMARTS) is 1. The molecule has 0 bridgehead atoms. The van der Waals surface area contributed by atoms with Gasteiger partial charge in [-0.2, -0.15) is 0 Å². The second kappa shape index (κ2) is 12.8. The normalized spacial score (nSPS) is 15.5. The number of hydrogen-bond acceptors (Lipinski definition) is 5. The van der Waals surface area contributed by atoms with Crippen LogP contribution in [0.1, 0.15) is 39.2 Å². The van der Waals surface area contributed by atoms with Gasteiger partial charge < -0.3 is 14.7 Å². The van der Waals surface area contributed by atoms with Crippen molar-refractivity contribution in [2.45, 2.75) is 44.3 Å². The maximum Gasteiger partial charge on any atom is 0.313 e. The molecular formula is C24H33NO3S2. The molecule has 2 aromatic rings. The van der Waals surface area contributed by atoms with Crippen molar-refractivity contribution in [3.8, 4) is 5.75 Å². The van der Waals surface area contributed by atoms with Gasteiger partial charge in [-0.15, -0.1) is 23.5 Å². The number of unbranched alkanes of at least 4 members (excludes halogenated alkanes) is 1. The molecule has 0 saturated carbocycles. The summed E-state index contributed by atoms with van der Waals surface area (Å²) < 4.78 is 5.62. The van der Waals surface area contributed by atoms with Crippen LogP contribution in [0.25, 0.3) is 0 Å². The van der Waals surface area contributed by atoms with Crippen LogP contribution in [0.5, 0.6) is 5.75 Å². The first-order valence-electron chi connectivity index (χ1n) is 10.5. The lowest BCUT2D eigenvalue weighted by Crippen LogP contribution is -2.23. The molecule has 2 aromatic carbocycles. The van der Waals surface area contributed by atoms with Gasteiger partial charge in [0.15, 0.2) is 0 Å². The minimum Gasteiger partial charge on any atom is -0.496 e. The zero-order valence-electron chi connectivity index (χ0n) is 18.4. The molecule has 0 aromatic heterocycles. The van der Waals surface area contributed by atoms with Crippen LogP contribution in [-0.4, -0.2) is 36.2 Å². The number of thioether (sulfide) groups is 2. The Labute approximate surface area is 189 Å². The molecule has 1 atom stereocenters. The topological polar surface area (TPSA) is 49.8 Å². The smallest absolute Gasteiger partial charge is 0.313 e. The first-order valence-corrected chi connectivity index (χ1v) is 12.6. The summed E-state index contributed by atoms with van der Waals surface area (Å²) >= 11 is 3.26. The minimum absolute atomic E-state index is 0.0978. The number of carboxylic acids is 1. The number of benzene rings is 2. The van der Waals surface area contributed by atoms with Crippen LogP contribution in [0.2, 0.25) is 0 Å². The van der Waals surface area contributed by atoms with Gasteiger partial charge in [0.2, 0.25) is 0 Å². The Bertz CT molecular complexity index is 797. The van der Waals surface area contributed by atoms with E-state index in [1.54, 1.807) is 7.11 Å². The van der Waals surface area contributed by atoms with Crippen molar-refractivity contribution >= 4 is 40.9 Å². The first kappa shape index (κ1) is 24.5. The SMILES string of the molecule is CCCC.COc1cc2c(cc1CSCC(=O)O)SCC(C)CN2c1ccccc1. The summed E-state index contributed by atoms with van der Waals surface area (Å²) in [6.45, 7) is 7.59. The average molecular weight is 448 g/mol. The van der Waals surface area contributed by atoms with Crippen LogP contribution >= 0.6 is 23.5 Å². The summed E-state index contributed by atoms with van der Waals surface area (Å²) in [5.74, 6) is 2.37. The molecule has 0 spiro atoms. The lowest BCUT2D eigenvalue weighted by Gasteiger charge is -2.27. The molecule has 0 radical (unpaired) electrons. The van der Waals surface area contributed by atoms with Gasteiger partial charge in [0.25, 0.3) is 0 Å². The second-order valence-corrected chi connectivity index (χ2v) is 9.43. The molecule has 0 saturated heterocycles. The van der Waals surface area contributed by atoms with Gasteiger partial charge in [0, 0.05) is 40.3 Å². The molecule has 0 fully saturated rings. The van der Waals surface area contributed by atoms with Crippen LogP contribution in [0.3, 0.4) is 0 Å². The molecule has 3 rings (SSSR count). The van der Waals surface area contributed by atoms with Crippen LogP contribution in [-0.2, 0) is 10.5 Å². The van der Waals surface area contributed by atoms with Gasteiger partial charge in [-0.05, 0) is 24.1 Å². The van der Waals surface area contributed by atoms with Gasteiger partial charge in [-0.25, -0.2) is 0 Å². The highest BCUT2D eigenvalue weighted by Crippen LogP contribution is 2.43. The van der Waals surface area contributed by atoms with E-state index in [1.807, 2.05) is 17.8 Å². The average Bonchev–Trinajstić information content (AvgIpc) is 2.92. The zero-order chi connectivity index (χ0) is 21.9. The Kier molecular flexibility index (Phi) is 10.4. The molecule has 1 aliphatic rings. The standard InChI is InChI=1S/C20H23NO3S2.C4H10/c1-14-10-21(16-6-4-3-5-7-16)17-9-18(24-2)15(8-19(17)26-11-14)12-25-13-20(22)23;1-3-4-2/h3-9,14H,10-13H2,1-2H3,(H,22,23);3-4H2,1-2H3. The van der Waals surface area contributed by atoms with E-state index in [0.29, 0.717) is 11.7 Å². The molecule has 1 N–H and O–H groups in total. The molecule has 0 amide bonds. The maximum atomic E-state index is 10.8. The fraction of sp³-hybridized carbons (Fsp3) is 0.458. The molecular weight excluding hydrogens is 414 g/mol. The lowest BCUT2D eigenvalue weighted by atomic mass is 10.1. The number of methoxy groups -OCH3 is 1. The Hall–Kier alpha value is -1.79. The van der Waals surface area contributed by atoms with Gasteiger partial charge in [-0.1, -0.05) is 51.8 Å². The fourth-order valence-electron chi connectivity index (χ4n) is 3.02. The van der Waals surface area contributed by atoms with E-state index < -0.39 is 5.97 Å². The maximum absolute atomic E-state index is 10.8. The number of anilines is 2. The second-order valence-electron chi connectivity index (χ2n) is 7.38. The summed E-state index contributed by atoms with van der Waals surface area (Å²) in [7, 11) is 1.67. The summed E-state index contributed by atoms with van der Waals surface area (Å²) in [6.07, 6.45) is 2.64. The van der Waals surface area contributed by atoms with E-state index in [4.69, 9.17) is 9.84 Å². The van der Waals surface area contributed by atoms with Crippen molar-refractivity contribution < 1.29 is 14.6 Å². The van der Waals surface area contributed by atoms with Gasteiger partial charge in [0.05, 0.1) is 18.6 Å². The summed E-state index contributed by atoms with van der Waals surface area (Å²) in [4.78, 5) is 14.4. The highest BCUT2D eigenvalue weighted by molar-refractivity contribution is 7.99. The number of aliphatic carboxylic acids is 1. The summed E-state index contributed by atoms with van der Waals surface area (Å²) in [5.41, 5.74) is 3.39. The van der Waals surface area contributed by atoms with E-state index in [2.05, 4.69) is 62.1 Å². The first-order chi connectivity index (χ1) is 14.5. The van der Waals surface area contributed by atoms with Crippen molar-refractivity contribution in [1.29, 1.82) is 0 Å². The van der Waals surface area contributed by atoms with Crippen molar-refractivity contribution in [3.63, 3.8) is 0 Å². The van der Waals surface area contributed by atoms with Gasteiger partial charge >= 0.3 is 5.97 Å². The number of nitrogens with zero attached hydrogens (tertiary/aromatic N) is 1. The molecule has 164 valence electrons. The minimum atomic E-state index is -0.790. The Balaban J connectivity index is 0.000000735. The number of para-hydroxylation sites is 1. The van der Waals surface area contributed by atoms with Crippen LogP contribution in [0.15, 0.2) is 47.4 Å². The summed E-state index contributed by atoms with van der Waals surface area (Å²) in [5, 5.41) is 8.87. The van der Waals surface area contributed by atoms with Gasteiger partial charge in [-0.3, -0.25) is 4.79 Å². The molecule has 1 heterocycles. The Morgan fingerprint density at radius 3 is 2.53 bits per heavy atom. The fourth-order valence-corrected chi connectivity index (χ4v) is 4.85. The quantitative estimate of drug-likeness (QED) is 0.510. The predicted molar refractivity (Wildman–Crippen MR) is 131 cm³/mol. The Morgan fingerprint density at radius 1 is 1.23 bits per heavy atom. The number of hydrogen-bond donors (Lipinski definition) is 1. The molecule has 1 unspecified atom stereocenters. The number of ether oxygens (including phenoxy) is 1. The third kappa shape index (κ3) is 7.17. The van der Waals surface area contributed by atoms with E-state index >= 15 is 0 Å². The number of fused-ring (bicyclic) bond motifs is 1. The van der Waals surface area contributed by atoms with E-state index in [-0.39, 0.29) is 5.75 Å². The van der Waals surface area contributed by atoms with Crippen molar-refractivity contribution in [1.82, 2.24) is 0 Å². The van der Waals surface area contributed by atoms with Crippen molar-refractivity contribution in [3.05, 3.63) is 48.0 Å². The number of carbonyl (C=O) groups is 1. The third-order valence-corrected chi connectivity index (χ3v) is 7.06. The third-order valence-electron chi connectivity index (χ3n) is 4.72. The number of rotatable bonds is 7. The van der Waals surface area contributed by atoms with E-state index in [1.165, 1.54) is 35.2 Å². The summed E-state index contributed by atoms with van der Waals surface area (Å²) in [6, 6.07) is 14.7. The monoisotopic (exact) mass is 447 g/mol. The molecule has 4 nitrogen and oxygen atoms in total. The largest absolute Gasteiger partial charge is 0.496 e. The Morgan fingerprint density at radius 2 is 1.93 bits per heavy atom. The van der Waals surface area contributed by atoms with Crippen molar-refractivity contribution in [2.24, 2.45) is 5.92 Å². The molecule has 6 heteroatoms. The van der Waals surface area contributed by atoms with Gasteiger partial charge in [0.1, 0.15) is 5.75 Å². The van der Waals surface area contributed by atoms with E-state index in [0.717, 1.165) is 29.3 Å². The van der Waals surface area contributed by atoms with E-state index in [9.17, 15) is 4.79 Å². The predicted octanol–water partition coefficient (Wildman–Crippen LogP) is 6.70. The molecule has 1 aliphatic heterocycles. The lowest BCUT2D eigenvalue weighted by molar-refractivity contribution is -0.133.